The van der Waals surface area contributed by atoms with Crippen LogP contribution in [0.5, 0.6) is 5.75 Å². The van der Waals surface area contributed by atoms with Crippen molar-refractivity contribution in [3.63, 3.8) is 0 Å². The first kappa shape index (κ1) is 13.0. The number of hydrogen-bond acceptors (Lipinski definition) is 3. The summed E-state index contributed by atoms with van der Waals surface area (Å²) in [6, 6.07) is 4.64. The summed E-state index contributed by atoms with van der Waals surface area (Å²) in [7, 11) is 1.42. The quantitative estimate of drug-likeness (QED) is 0.871. The molecule has 0 amide bonds. The maximum absolute atomic E-state index is 13.5. The zero-order chi connectivity index (χ0) is 13.2. The van der Waals surface area contributed by atoms with Crippen LogP contribution in [0, 0.1) is 11.2 Å². The van der Waals surface area contributed by atoms with Crippen LogP contribution in [0.3, 0.4) is 0 Å². The van der Waals surface area contributed by atoms with E-state index in [1.807, 2.05) is 0 Å². The van der Waals surface area contributed by atoms with E-state index in [-0.39, 0.29) is 23.4 Å². The molecule has 0 heterocycles. The molecule has 1 aliphatic rings. The van der Waals surface area contributed by atoms with E-state index in [4.69, 9.17) is 10.5 Å². The van der Waals surface area contributed by atoms with Crippen molar-refractivity contribution in [2.24, 2.45) is 11.1 Å². The number of carbonyl (C=O) groups is 1. The van der Waals surface area contributed by atoms with E-state index in [2.05, 4.69) is 0 Å². The van der Waals surface area contributed by atoms with Crippen molar-refractivity contribution < 1.29 is 13.9 Å². The Morgan fingerprint density at radius 3 is 2.67 bits per heavy atom. The van der Waals surface area contributed by atoms with Crippen LogP contribution < -0.4 is 10.5 Å². The predicted octanol–water partition coefficient (Wildman–Crippen LogP) is 2.07. The van der Waals surface area contributed by atoms with Crippen LogP contribution in [0.4, 0.5) is 4.39 Å². The maximum Gasteiger partial charge on any atom is 0.165 e. The third-order valence-corrected chi connectivity index (χ3v) is 3.87. The highest BCUT2D eigenvalue weighted by Crippen LogP contribution is 2.41. The Balaban J connectivity index is 2.10. The number of hydrogen-bond donors (Lipinski definition) is 1. The van der Waals surface area contributed by atoms with E-state index in [0.29, 0.717) is 12.1 Å². The third-order valence-electron chi connectivity index (χ3n) is 3.87. The molecule has 1 aromatic carbocycles. The van der Waals surface area contributed by atoms with Crippen molar-refractivity contribution in [3.05, 3.63) is 29.6 Å². The average molecular weight is 251 g/mol. The predicted molar refractivity (Wildman–Crippen MR) is 67.0 cm³/mol. The summed E-state index contributed by atoms with van der Waals surface area (Å²) in [6.45, 7) is 0.393. The summed E-state index contributed by atoms with van der Waals surface area (Å²) < 4.78 is 18.4. The van der Waals surface area contributed by atoms with Gasteiger partial charge in [-0.05, 0) is 30.5 Å². The van der Waals surface area contributed by atoms with Gasteiger partial charge in [0.05, 0.1) is 7.11 Å². The molecule has 18 heavy (non-hydrogen) atoms. The average Bonchev–Trinajstić information content (AvgIpc) is 2.28. The Labute approximate surface area is 106 Å². The van der Waals surface area contributed by atoms with Gasteiger partial charge in [0.25, 0.3) is 0 Å². The SMILES string of the molecule is COc1ccc(CC(=O)C2(CN)CCC2)cc1F. The lowest BCUT2D eigenvalue weighted by Gasteiger charge is -2.39. The largest absolute Gasteiger partial charge is 0.494 e. The highest BCUT2D eigenvalue weighted by atomic mass is 19.1. The second kappa shape index (κ2) is 5.06. The van der Waals surface area contributed by atoms with Gasteiger partial charge in [-0.1, -0.05) is 12.5 Å². The molecule has 0 radical (unpaired) electrons. The van der Waals surface area contributed by atoms with E-state index in [0.717, 1.165) is 19.3 Å². The molecule has 0 bridgehead atoms. The maximum atomic E-state index is 13.5. The van der Waals surface area contributed by atoms with Crippen molar-refractivity contribution in [3.8, 4) is 5.75 Å². The van der Waals surface area contributed by atoms with Gasteiger partial charge in [-0.3, -0.25) is 4.79 Å². The van der Waals surface area contributed by atoms with Gasteiger partial charge in [0.1, 0.15) is 5.78 Å². The molecular formula is C14H18FNO2. The molecule has 1 aromatic rings. The molecule has 98 valence electrons. The first-order valence-electron chi connectivity index (χ1n) is 6.17. The van der Waals surface area contributed by atoms with Crippen LogP contribution in [0.2, 0.25) is 0 Å². The Bertz CT molecular complexity index is 450. The first-order valence-corrected chi connectivity index (χ1v) is 6.17. The molecule has 4 heteroatoms. The van der Waals surface area contributed by atoms with E-state index >= 15 is 0 Å². The summed E-state index contributed by atoms with van der Waals surface area (Å²) in [5, 5.41) is 0. The lowest BCUT2D eigenvalue weighted by Crippen LogP contribution is -2.45. The van der Waals surface area contributed by atoms with Crippen molar-refractivity contribution in [2.75, 3.05) is 13.7 Å². The second-order valence-corrected chi connectivity index (χ2v) is 4.91. The summed E-state index contributed by atoms with van der Waals surface area (Å²) in [5.74, 6) is -0.109. The van der Waals surface area contributed by atoms with E-state index in [1.54, 1.807) is 12.1 Å². The van der Waals surface area contributed by atoms with Crippen molar-refractivity contribution in [1.82, 2.24) is 0 Å². The standard InChI is InChI=1S/C14H18FNO2/c1-18-12-4-3-10(7-11(12)15)8-13(17)14(9-16)5-2-6-14/h3-4,7H,2,5-6,8-9,16H2,1H3. The van der Waals surface area contributed by atoms with E-state index < -0.39 is 5.82 Å². The molecule has 0 aliphatic heterocycles. The minimum atomic E-state index is -0.432. The Morgan fingerprint density at radius 2 is 2.22 bits per heavy atom. The number of ketones is 1. The van der Waals surface area contributed by atoms with Crippen LogP contribution in [0.1, 0.15) is 24.8 Å². The minimum Gasteiger partial charge on any atom is -0.494 e. The van der Waals surface area contributed by atoms with Gasteiger partial charge in [0.15, 0.2) is 11.6 Å². The zero-order valence-corrected chi connectivity index (χ0v) is 10.5. The normalized spacial score (nSPS) is 17.1. The highest BCUT2D eigenvalue weighted by Gasteiger charge is 2.41. The zero-order valence-electron chi connectivity index (χ0n) is 10.5. The molecular weight excluding hydrogens is 233 g/mol. The Morgan fingerprint density at radius 1 is 1.50 bits per heavy atom. The Hall–Kier alpha value is -1.42. The van der Waals surface area contributed by atoms with Gasteiger partial charge < -0.3 is 10.5 Å². The smallest absolute Gasteiger partial charge is 0.165 e. The van der Waals surface area contributed by atoms with Crippen LogP contribution >= 0.6 is 0 Å². The molecule has 0 aromatic heterocycles. The lowest BCUT2D eigenvalue weighted by atomic mass is 9.65. The molecule has 1 saturated carbocycles. The molecule has 3 nitrogen and oxygen atoms in total. The van der Waals surface area contributed by atoms with Gasteiger partial charge in [0, 0.05) is 18.4 Å². The molecule has 0 atom stereocenters. The van der Waals surface area contributed by atoms with Crippen LogP contribution in [0.25, 0.3) is 0 Å². The monoisotopic (exact) mass is 251 g/mol. The first-order chi connectivity index (χ1) is 8.61. The molecule has 0 spiro atoms. The number of methoxy groups -OCH3 is 1. The fourth-order valence-corrected chi connectivity index (χ4v) is 2.39. The summed E-state index contributed by atoms with van der Waals surface area (Å²) in [4.78, 5) is 12.2. The lowest BCUT2D eigenvalue weighted by molar-refractivity contribution is -0.132. The summed E-state index contributed by atoms with van der Waals surface area (Å²) in [5.41, 5.74) is 6.01. The second-order valence-electron chi connectivity index (χ2n) is 4.91. The Kier molecular flexibility index (Phi) is 3.66. The molecule has 2 N–H and O–H groups in total. The molecule has 2 rings (SSSR count). The van der Waals surface area contributed by atoms with Gasteiger partial charge in [-0.15, -0.1) is 0 Å². The molecule has 1 fully saturated rings. The number of nitrogens with two attached hydrogens (primary N) is 1. The third kappa shape index (κ3) is 2.25. The number of rotatable bonds is 5. The summed E-state index contributed by atoms with van der Waals surface area (Å²) >= 11 is 0. The number of carbonyl (C=O) groups excluding carboxylic acids is 1. The topological polar surface area (TPSA) is 52.3 Å². The van der Waals surface area contributed by atoms with E-state index in [9.17, 15) is 9.18 Å². The number of ether oxygens (including phenoxy) is 1. The molecule has 1 aliphatic carbocycles. The summed E-state index contributed by atoms with van der Waals surface area (Å²) in [6.07, 6.45) is 3.03. The van der Waals surface area contributed by atoms with E-state index in [1.165, 1.54) is 13.2 Å². The van der Waals surface area contributed by atoms with Crippen LogP contribution in [-0.2, 0) is 11.2 Å². The number of Topliss-reactive ketones (excluding diaryl/α,β-unsaturated/α-hetero) is 1. The van der Waals surface area contributed by atoms with Crippen molar-refractivity contribution in [2.45, 2.75) is 25.7 Å². The fourth-order valence-electron chi connectivity index (χ4n) is 2.39. The molecule has 0 saturated heterocycles. The highest BCUT2D eigenvalue weighted by molar-refractivity contribution is 5.87. The van der Waals surface area contributed by atoms with Crippen molar-refractivity contribution >= 4 is 5.78 Å². The fraction of sp³-hybridized carbons (Fsp3) is 0.500. The van der Waals surface area contributed by atoms with Gasteiger partial charge in [-0.25, -0.2) is 4.39 Å². The van der Waals surface area contributed by atoms with Gasteiger partial charge in [-0.2, -0.15) is 0 Å². The number of benzene rings is 1. The van der Waals surface area contributed by atoms with Crippen molar-refractivity contribution in [1.29, 1.82) is 0 Å². The minimum absolute atomic E-state index is 0.126. The molecule has 0 unspecified atom stereocenters. The van der Waals surface area contributed by atoms with Crippen LogP contribution in [-0.4, -0.2) is 19.4 Å². The van der Waals surface area contributed by atoms with Gasteiger partial charge in [0.2, 0.25) is 0 Å². The van der Waals surface area contributed by atoms with Crippen LogP contribution in [0.15, 0.2) is 18.2 Å². The number of halogens is 1. The van der Waals surface area contributed by atoms with Gasteiger partial charge >= 0.3 is 0 Å².